The zero-order valence-corrected chi connectivity index (χ0v) is 23.6. The van der Waals surface area contributed by atoms with E-state index in [1.165, 1.54) is 48.5 Å². The molecule has 0 saturated carbocycles. The van der Waals surface area contributed by atoms with Crippen molar-refractivity contribution in [2.75, 3.05) is 4.90 Å². The highest BCUT2D eigenvalue weighted by atomic mass is 32.1. The highest BCUT2D eigenvalue weighted by molar-refractivity contribution is 7.25. The number of pyridine rings is 1. The van der Waals surface area contributed by atoms with E-state index in [2.05, 4.69) is 163 Å². The summed E-state index contributed by atoms with van der Waals surface area (Å²) in [6, 6.07) is 56.2. The molecule has 3 heteroatoms. The highest BCUT2D eigenvalue weighted by Gasteiger charge is 2.17. The summed E-state index contributed by atoms with van der Waals surface area (Å²) in [6.07, 6.45) is 0. The van der Waals surface area contributed by atoms with Crippen LogP contribution in [0.4, 0.5) is 17.2 Å². The molecule has 0 atom stereocenters. The summed E-state index contributed by atoms with van der Waals surface area (Å²) in [5, 5.41) is 4.87. The lowest BCUT2D eigenvalue weighted by Crippen LogP contribution is -2.11. The van der Waals surface area contributed by atoms with Crippen LogP contribution in [0.2, 0.25) is 0 Å². The number of aromatic nitrogens is 1. The van der Waals surface area contributed by atoms with E-state index in [0.717, 1.165) is 22.0 Å². The van der Waals surface area contributed by atoms with Crippen molar-refractivity contribution in [2.45, 2.75) is 0 Å². The van der Waals surface area contributed by atoms with Gasteiger partial charge in [0, 0.05) is 26.8 Å². The number of hydrogen-bond donors (Lipinski definition) is 0. The molecule has 6 aromatic carbocycles. The lowest BCUT2D eigenvalue weighted by molar-refractivity contribution is 1.22. The number of hydrogen-bond acceptors (Lipinski definition) is 3. The molecule has 198 valence electrons. The summed E-state index contributed by atoms with van der Waals surface area (Å²) < 4.78 is 1.26. The van der Waals surface area contributed by atoms with Crippen LogP contribution in [-0.2, 0) is 0 Å². The van der Waals surface area contributed by atoms with Crippen molar-refractivity contribution in [2.24, 2.45) is 0 Å². The van der Waals surface area contributed by atoms with E-state index in [9.17, 15) is 0 Å². The first-order chi connectivity index (χ1) is 20.8. The Bertz CT molecular complexity index is 2180. The molecule has 8 aromatic rings. The third-order valence-corrected chi connectivity index (χ3v) is 8.96. The van der Waals surface area contributed by atoms with Crippen LogP contribution in [0.1, 0.15) is 0 Å². The first-order valence-electron chi connectivity index (χ1n) is 14.1. The molecule has 0 aliphatic heterocycles. The first kappa shape index (κ1) is 24.5. The average molecular weight is 555 g/mol. The zero-order chi connectivity index (χ0) is 27.9. The fourth-order valence-electron chi connectivity index (χ4n) is 5.75. The molecular weight excluding hydrogens is 529 g/mol. The van der Waals surface area contributed by atoms with E-state index in [1.807, 2.05) is 0 Å². The third kappa shape index (κ3) is 4.41. The Hall–Kier alpha value is -5.25. The van der Waals surface area contributed by atoms with Crippen molar-refractivity contribution in [3.05, 3.63) is 158 Å². The molecular formula is C39H26N2S. The first-order valence-corrected chi connectivity index (χ1v) is 14.9. The van der Waals surface area contributed by atoms with Gasteiger partial charge in [-0.3, -0.25) is 4.90 Å². The number of anilines is 3. The molecule has 0 radical (unpaired) electrons. The Kier molecular flexibility index (Phi) is 6.02. The van der Waals surface area contributed by atoms with Gasteiger partial charge in [-0.05, 0) is 81.6 Å². The minimum Gasteiger partial charge on any atom is -0.295 e. The topological polar surface area (TPSA) is 16.1 Å². The quantitative estimate of drug-likeness (QED) is 0.210. The van der Waals surface area contributed by atoms with Crippen LogP contribution < -0.4 is 4.90 Å². The Morgan fingerprint density at radius 3 is 1.83 bits per heavy atom. The van der Waals surface area contributed by atoms with Crippen LogP contribution in [0.5, 0.6) is 0 Å². The molecule has 2 aromatic heterocycles. The predicted octanol–water partition coefficient (Wildman–Crippen LogP) is 11.4. The Morgan fingerprint density at radius 1 is 0.429 bits per heavy atom. The minimum absolute atomic E-state index is 0.903. The van der Waals surface area contributed by atoms with Gasteiger partial charge in [-0.1, -0.05) is 109 Å². The van der Waals surface area contributed by atoms with Crippen molar-refractivity contribution < 1.29 is 0 Å². The Labute approximate surface area is 248 Å². The summed E-state index contributed by atoms with van der Waals surface area (Å²) in [4.78, 5) is 8.55. The van der Waals surface area contributed by atoms with Gasteiger partial charge >= 0.3 is 0 Å². The molecule has 42 heavy (non-hydrogen) atoms. The fourth-order valence-corrected chi connectivity index (χ4v) is 6.82. The number of thiophene rings is 1. The van der Waals surface area contributed by atoms with Crippen LogP contribution in [0.3, 0.4) is 0 Å². The van der Waals surface area contributed by atoms with Gasteiger partial charge < -0.3 is 0 Å². The monoisotopic (exact) mass is 554 g/mol. The van der Waals surface area contributed by atoms with Gasteiger partial charge in [0.15, 0.2) is 0 Å². The van der Waals surface area contributed by atoms with Gasteiger partial charge in [-0.25, -0.2) is 4.98 Å². The molecule has 0 saturated heterocycles. The molecule has 0 aliphatic rings. The van der Waals surface area contributed by atoms with Crippen molar-refractivity contribution >= 4 is 59.6 Å². The molecule has 0 fully saturated rings. The molecule has 8 rings (SSSR count). The predicted molar refractivity (Wildman–Crippen MR) is 180 cm³/mol. The van der Waals surface area contributed by atoms with Crippen molar-refractivity contribution in [3.8, 4) is 22.3 Å². The summed E-state index contributed by atoms with van der Waals surface area (Å²) >= 11 is 1.75. The smallest absolute Gasteiger partial charge is 0.139 e. The second-order valence-corrected chi connectivity index (χ2v) is 11.5. The van der Waals surface area contributed by atoms with Gasteiger partial charge in [0.2, 0.25) is 0 Å². The van der Waals surface area contributed by atoms with Crippen LogP contribution in [0.25, 0.3) is 53.3 Å². The molecule has 0 spiro atoms. The third-order valence-electron chi connectivity index (χ3n) is 7.88. The summed E-state index contributed by atoms with van der Waals surface area (Å²) in [5.41, 5.74) is 6.98. The van der Waals surface area contributed by atoms with Crippen molar-refractivity contribution in [1.29, 1.82) is 0 Å². The van der Waals surface area contributed by atoms with Crippen molar-refractivity contribution in [1.82, 2.24) is 4.98 Å². The van der Waals surface area contributed by atoms with Crippen LogP contribution in [0, 0.1) is 0 Å². The van der Waals surface area contributed by atoms with Crippen LogP contribution in [0.15, 0.2) is 158 Å². The second kappa shape index (κ2) is 10.3. The maximum atomic E-state index is 5.24. The van der Waals surface area contributed by atoms with Gasteiger partial charge in [0.05, 0.1) is 0 Å². The summed E-state index contributed by atoms with van der Waals surface area (Å²) in [7, 11) is 0. The van der Waals surface area contributed by atoms with Crippen LogP contribution in [-0.4, -0.2) is 4.98 Å². The van der Waals surface area contributed by atoms with E-state index in [0.29, 0.717) is 0 Å². The molecule has 0 bridgehead atoms. The summed E-state index contributed by atoms with van der Waals surface area (Å²) in [6.45, 7) is 0. The average Bonchev–Trinajstić information content (AvgIpc) is 3.44. The molecule has 2 nitrogen and oxygen atoms in total. The van der Waals surface area contributed by atoms with Gasteiger partial charge in [-0.2, -0.15) is 0 Å². The van der Waals surface area contributed by atoms with E-state index < -0.39 is 0 Å². The lowest BCUT2D eigenvalue weighted by atomic mass is 10.0. The molecule has 2 heterocycles. The number of nitrogens with zero attached hydrogens (tertiary/aromatic N) is 2. The van der Waals surface area contributed by atoms with Gasteiger partial charge in [0.25, 0.3) is 0 Å². The van der Waals surface area contributed by atoms with Gasteiger partial charge in [0.1, 0.15) is 10.6 Å². The highest BCUT2D eigenvalue weighted by Crippen LogP contribution is 2.40. The maximum Gasteiger partial charge on any atom is 0.139 e. The Balaban J connectivity index is 1.28. The lowest BCUT2D eigenvalue weighted by Gasteiger charge is -2.25. The molecule has 0 amide bonds. The van der Waals surface area contributed by atoms with Gasteiger partial charge in [-0.15, -0.1) is 11.3 Å². The standard InChI is InChI=1S/C39H26N2S/c1-3-9-27(10-4-1)29-17-20-33(21-18-29)41(38-24-23-36-35-13-7-8-14-37(35)42-39(36)40-38)34-22-19-30-15-16-31(25-32(30)26-34)28-11-5-2-6-12-28/h1-26H. The van der Waals surface area contributed by atoms with Crippen molar-refractivity contribution in [3.63, 3.8) is 0 Å². The Morgan fingerprint density at radius 2 is 1.05 bits per heavy atom. The number of rotatable bonds is 5. The van der Waals surface area contributed by atoms with E-state index >= 15 is 0 Å². The van der Waals surface area contributed by atoms with E-state index in [-0.39, 0.29) is 0 Å². The zero-order valence-electron chi connectivity index (χ0n) is 22.8. The molecule has 0 N–H and O–H groups in total. The number of benzene rings is 6. The SMILES string of the molecule is c1ccc(-c2ccc(N(c3ccc4ccc(-c5ccccc5)cc4c3)c3ccc4c(n3)sc3ccccc34)cc2)cc1. The minimum atomic E-state index is 0.903. The maximum absolute atomic E-state index is 5.24. The largest absolute Gasteiger partial charge is 0.295 e. The summed E-state index contributed by atoms with van der Waals surface area (Å²) in [5.74, 6) is 0.903. The van der Waals surface area contributed by atoms with E-state index in [1.54, 1.807) is 11.3 Å². The fraction of sp³-hybridized carbons (Fsp3) is 0. The van der Waals surface area contributed by atoms with E-state index in [4.69, 9.17) is 4.98 Å². The van der Waals surface area contributed by atoms with Crippen LogP contribution >= 0.6 is 11.3 Å². The second-order valence-electron chi connectivity index (χ2n) is 10.5. The number of fused-ring (bicyclic) bond motifs is 4. The normalized spacial score (nSPS) is 11.3. The molecule has 0 aliphatic carbocycles. The molecule has 0 unspecified atom stereocenters.